The molecule has 7 heteroatoms. The highest BCUT2D eigenvalue weighted by Gasteiger charge is 2.45. The molecular formula is C14H33BN2O4. The van der Waals surface area contributed by atoms with Crippen LogP contribution in [0.25, 0.3) is 0 Å². The van der Waals surface area contributed by atoms with Crippen molar-refractivity contribution in [1.82, 2.24) is 5.32 Å². The van der Waals surface area contributed by atoms with Crippen molar-refractivity contribution in [1.29, 1.82) is 0 Å². The van der Waals surface area contributed by atoms with Gasteiger partial charge in [-0.25, -0.2) is 0 Å². The molecule has 2 atom stereocenters. The van der Waals surface area contributed by atoms with Crippen LogP contribution in [0.3, 0.4) is 0 Å². The summed E-state index contributed by atoms with van der Waals surface area (Å²) in [5, 5.41) is 27.9. The smallest absolute Gasteiger partial charge is 0.451 e. The lowest BCUT2D eigenvalue weighted by Crippen LogP contribution is -2.59. The normalized spacial score (nSPS) is 24.0. The largest absolute Gasteiger partial charge is 0.480 e. The van der Waals surface area contributed by atoms with Crippen LogP contribution in [-0.2, 0) is 4.79 Å². The van der Waals surface area contributed by atoms with Gasteiger partial charge < -0.3 is 26.2 Å². The van der Waals surface area contributed by atoms with Crippen molar-refractivity contribution in [3.05, 3.63) is 0 Å². The summed E-state index contributed by atoms with van der Waals surface area (Å²) >= 11 is 0. The number of carbonyl (C=O) groups is 1. The molecule has 1 aliphatic rings. The van der Waals surface area contributed by atoms with Gasteiger partial charge >= 0.3 is 13.1 Å². The third-order valence-corrected chi connectivity index (χ3v) is 3.55. The number of hydrogen-bond donors (Lipinski definition) is 5. The van der Waals surface area contributed by atoms with E-state index in [1.54, 1.807) is 14.0 Å². The van der Waals surface area contributed by atoms with Crippen LogP contribution in [-0.4, -0.2) is 47.4 Å². The molecule has 6 nitrogen and oxygen atoms in total. The summed E-state index contributed by atoms with van der Waals surface area (Å²) in [5.74, 6) is -0.686. The van der Waals surface area contributed by atoms with E-state index in [1.165, 1.54) is 6.42 Å². The summed E-state index contributed by atoms with van der Waals surface area (Å²) in [5.41, 5.74) is 4.82. The average molecular weight is 304 g/mol. The Kier molecular flexibility index (Phi) is 14.1. The zero-order chi connectivity index (χ0) is 16.9. The summed E-state index contributed by atoms with van der Waals surface area (Å²) in [6.45, 7) is 6.40. The van der Waals surface area contributed by atoms with Crippen LogP contribution >= 0.6 is 0 Å². The van der Waals surface area contributed by atoms with E-state index in [9.17, 15) is 9.90 Å². The van der Waals surface area contributed by atoms with Gasteiger partial charge in [0.05, 0.1) is 0 Å². The highest BCUT2D eigenvalue weighted by atomic mass is 16.4. The van der Waals surface area contributed by atoms with Crippen molar-refractivity contribution < 1.29 is 19.9 Å². The minimum atomic E-state index is -1.12. The number of nitrogens with two attached hydrogens (primary N) is 1. The summed E-state index contributed by atoms with van der Waals surface area (Å²) in [7, 11) is 0.595. The minimum Gasteiger partial charge on any atom is -0.480 e. The molecule has 0 aromatic carbocycles. The molecule has 0 aromatic heterocycles. The van der Waals surface area contributed by atoms with E-state index >= 15 is 0 Å². The first-order chi connectivity index (χ1) is 9.85. The molecule has 0 aliphatic heterocycles. The van der Waals surface area contributed by atoms with Gasteiger partial charge in [0.1, 0.15) is 5.54 Å². The van der Waals surface area contributed by atoms with E-state index in [2.05, 4.69) is 19.2 Å². The minimum absolute atomic E-state index is 0.0729. The highest BCUT2D eigenvalue weighted by Crippen LogP contribution is 2.33. The SMILES string of the molecule is CCB(O)O.CCC.CNC1(C(=O)O)CCCCC1CN. The third-order valence-electron chi connectivity index (χ3n) is 3.55. The second-order valence-electron chi connectivity index (χ2n) is 5.30. The van der Waals surface area contributed by atoms with E-state index in [1.807, 2.05) is 0 Å². The maximum atomic E-state index is 11.2. The molecule has 1 aliphatic carbocycles. The van der Waals surface area contributed by atoms with E-state index < -0.39 is 18.6 Å². The van der Waals surface area contributed by atoms with Crippen molar-refractivity contribution in [3.8, 4) is 0 Å². The van der Waals surface area contributed by atoms with Gasteiger partial charge in [0, 0.05) is 5.92 Å². The first kappa shape index (κ1) is 22.7. The summed E-state index contributed by atoms with van der Waals surface area (Å²) in [6, 6.07) is 0. The predicted octanol–water partition coefficient (Wildman–Crippen LogP) is 1.07. The van der Waals surface area contributed by atoms with Gasteiger partial charge in [-0.15, -0.1) is 0 Å². The quantitative estimate of drug-likeness (QED) is 0.496. The van der Waals surface area contributed by atoms with Gasteiger partial charge in [0.2, 0.25) is 0 Å². The van der Waals surface area contributed by atoms with Crippen molar-refractivity contribution in [2.75, 3.05) is 13.6 Å². The second kappa shape index (κ2) is 13.1. The zero-order valence-electron chi connectivity index (χ0n) is 13.9. The Bertz CT molecular complexity index is 267. The van der Waals surface area contributed by atoms with Gasteiger partial charge in [0.25, 0.3) is 0 Å². The molecule has 0 bridgehead atoms. The molecule has 1 fully saturated rings. The standard InChI is InChI=1S/C9H18N2O2.C3H8.C2H7BO2/c1-11-9(8(12)13)5-3-2-4-7(9)6-10;1-3-2;1-2-3(4)5/h7,11H,2-6,10H2,1H3,(H,12,13);3H2,1-2H3;4-5H,2H2,1H3. The van der Waals surface area contributed by atoms with Gasteiger partial charge in [0.15, 0.2) is 0 Å². The van der Waals surface area contributed by atoms with E-state index in [0.717, 1.165) is 19.3 Å². The molecule has 0 spiro atoms. The Morgan fingerprint density at radius 3 is 2.05 bits per heavy atom. The summed E-state index contributed by atoms with van der Waals surface area (Å²) < 4.78 is 0. The van der Waals surface area contributed by atoms with Gasteiger partial charge in [-0.05, 0) is 32.8 Å². The number of hydrogen-bond acceptors (Lipinski definition) is 5. The van der Waals surface area contributed by atoms with E-state index in [-0.39, 0.29) is 5.92 Å². The lowest BCUT2D eigenvalue weighted by atomic mass is 9.72. The fraction of sp³-hybridized carbons (Fsp3) is 0.929. The molecule has 21 heavy (non-hydrogen) atoms. The van der Waals surface area contributed by atoms with Crippen LogP contribution in [0.2, 0.25) is 6.32 Å². The van der Waals surface area contributed by atoms with Crippen molar-refractivity contribution >= 4 is 13.1 Å². The first-order valence-electron chi connectivity index (χ1n) is 7.84. The first-order valence-corrected chi connectivity index (χ1v) is 7.84. The molecule has 0 saturated heterocycles. The van der Waals surface area contributed by atoms with Gasteiger partial charge in [-0.3, -0.25) is 4.79 Å². The Morgan fingerprint density at radius 1 is 1.33 bits per heavy atom. The number of rotatable bonds is 4. The fourth-order valence-electron chi connectivity index (χ4n) is 2.28. The molecule has 1 saturated carbocycles. The van der Waals surface area contributed by atoms with Gasteiger partial charge in [-0.2, -0.15) is 0 Å². The van der Waals surface area contributed by atoms with Crippen LogP contribution in [0.5, 0.6) is 0 Å². The Labute approximate surface area is 129 Å². The number of aliphatic carboxylic acids is 1. The molecular weight excluding hydrogens is 271 g/mol. The van der Waals surface area contributed by atoms with Crippen molar-refractivity contribution in [2.24, 2.45) is 11.7 Å². The lowest BCUT2D eigenvalue weighted by Gasteiger charge is -2.40. The number of likely N-dealkylation sites (N-methyl/N-ethyl adjacent to an activating group) is 1. The van der Waals surface area contributed by atoms with Crippen LogP contribution in [0.1, 0.15) is 52.9 Å². The summed E-state index contributed by atoms with van der Waals surface area (Å²) in [4.78, 5) is 11.2. The summed E-state index contributed by atoms with van der Waals surface area (Å²) in [6.07, 6.45) is 5.35. The van der Waals surface area contributed by atoms with Crippen LogP contribution in [0, 0.1) is 5.92 Å². The number of carboxylic acid groups (broad SMARTS) is 1. The Hall–Kier alpha value is -0.625. The molecule has 1 rings (SSSR count). The molecule has 0 heterocycles. The van der Waals surface area contributed by atoms with Crippen molar-refractivity contribution in [2.45, 2.75) is 64.7 Å². The van der Waals surface area contributed by atoms with E-state index in [0.29, 0.717) is 19.3 Å². The highest BCUT2D eigenvalue weighted by molar-refractivity contribution is 6.40. The number of carboxylic acids is 1. The number of nitrogens with one attached hydrogen (secondary N) is 1. The predicted molar refractivity (Wildman–Crippen MR) is 87.1 cm³/mol. The van der Waals surface area contributed by atoms with Crippen molar-refractivity contribution in [3.63, 3.8) is 0 Å². The third kappa shape index (κ3) is 8.41. The molecule has 0 radical (unpaired) electrons. The maximum Gasteiger partial charge on any atom is 0.451 e. The Morgan fingerprint density at radius 2 is 1.81 bits per heavy atom. The monoisotopic (exact) mass is 304 g/mol. The Balaban J connectivity index is 0. The zero-order valence-corrected chi connectivity index (χ0v) is 13.9. The van der Waals surface area contributed by atoms with Crippen LogP contribution in [0.15, 0.2) is 0 Å². The molecule has 2 unspecified atom stereocenters. The molecule has 126 valence electrons. The van der Waals surface area contributed by atoms with Crippen LogP contribution in [0.4, 0.5) is 0 Å². The fourth-order valence-corrected chi connectivity index (χ4v) is 2.28. The van der Waals surface area contributed by atoms with Gasteiger partial charge in [-0.1, -0.05) is 40.0 Å². The molecule has 0 aromatic rings. The van der Waals surface area contributed by atoms with Crippen LogP contribution < -0.4 is 11.1 Å². The molecule has 0 amide bonds. The second-order valence-corrected chi connectivity index (χ2v) is 5.30. The topological polar surface area (TPSA) is 116 Å². The lowest BCUT2D eigenvalue weighted by molar-refractivity contribution is -0.148. The maximum absolute atomic E-state index is 11.2. The molecule has 6 N–H and O–H groups in total. The average Bonchev–Trinajstić information content (AvgIpc) is 2.48. The van der Waals surface area contributed by atoms with E-state index in [4.69, 9.17) is 15.8 Å².